The van der Waals surface area contributed by atoms with Crippen molar-refractivity contribution in [3.8, 4) is 0 Å². The average Bonchev–Trinajstić information content (AvgIpc) is 3.06. The lowest BCUT2D eigenvalue weighted by atomic mass is 10.1. The maximum Gasteiger partial charge on any atom is 0.469 e. The summed E-state index contributed by atoms with van der Waals surface area (Å²) in [5.74, 6) is -0.969. The first-order valence-corrected chi connectivity index (χ1v) is 20.6. The number of ether oxygens (including phenoxy) is 2. The number of carbonyl (C=O) groups is 2. The highest BCUT2D eigenvalue weighted by atomic mass is 31.2. The first-order chi connectivity index (χ1) is 23.7. The molecule has 0 heterocycles. The second-order valence-electron chi connectivity index (χ2n) is 12.7. The number of aliphatic hydroxyl groups excluding tert-OH is 1. The molecule has 0 amide bonds. The van der Waals surface area contributed by atoms with Gasteiger partial charge in [-0.25, -0.2) is 4.57 Å². The Hall–Kier alpha value is -2.03. The van der Waals surface area contributed by atoms with Gasteiger partial charge in [0, 0.05) is 12.8 Å². The fraction of sp³-hybridized carbons (Fsp3) is 0.744. The second-order valence-corrected chi connectivity index (χ2v) is 14.0. The van der Waals surface area contributed by atoms with Crippen LogP contribution in [-0.4, -0.2) is 52.3 Å². The van der Waals surface area contributed by atoms with Crippen LogP contribution in [0.4, 0.5) is 0 Å². The molecule has 284 valence electrons. The van der Waals surface area contributed by atoms with Crippen LogP contribution in [0.25, 0.3) is 0 Å². The van der Waals surface area contributed by atoms with Crippen molar-refractivity contribution in [3.05, 3.63) is 48.6 Å². The van der Waals surface area contributed by atoms with E-state index in [1.807, 2.05) is 18.2 Å². The van der Waals surface area contributed by atoms with Gasteiger partial charge in [0.05, 0.1) is 12.7 Å². The fourth-order valence-corrected chi connectivity index (χ4v) is 5.44. The zero-order valence-electron chi connectivity index (χ0n) is 30.7. The molecule has 2 atom stereocenters. The number of phosphoric acid groups is 1. The standard InChI is InChI=1S/C39H69O9P/c1-3-5-7-9-11-12-13-14-15-16-17-18-20-24-29-33-39(42)48-37(35-47-49(43,44)45)34-46-38(41)32-28-25-21-23-27-31-36(40)30-26-22-19-10-8-6-4-2/h6,8,12-13,19,22,26,30,36-37,40H,3-5,7,9-11,14-18,20-21,23-25,27-29,31-35H2,1-2H3,(H2,43,44,45)/b8-6+,13-12-,22-19+,30-26+/t36?,37-/m1/s1. The van der Waals surface area contributed by atoms with Crippen LogP contribution in [0.15, 0.2) is 48.6 Å². The molecule has 0 spiro atoms. The molecule has 0 aromatic rings. The Labute approximate surface area is 297 Å². The molecule has 0 aliphatic rings. The van der Waals surface area contributed by atoms with Crippen molar-refractivity contribution >= 4 is 19.8 Å². The molecule has 1 unspecified atom stereocenters. The second kappa shape index (κ2) is 34.4. The van der Waals surface area contributed by atoms with E-state index in [0.29, 0.717) is 19.3 Å². The third kappa shape index (κ3) is 37.1. The predicted molar refractivity (Wildman–Crippen MR) is 199 cm³/mol. The Morgan fingerprint density at radius 3 is 1.84 bits per heavy atom. The summed E-state index contributed by atoms with van der Waals surface area (Å²) in [6.07, 6.45) is 37.1. The topological polar surface area (TPSA) is 140 Å². The number of allylic oxidation sites excluding steroid dienone is 7. The summed E-state index contributed by atoms with van der Waals surface area (Å²) >= 11 is 0. The molecule has 0 rings (SSSR count). The van der Waals surface area contributed by atoms with Gasteiger partial charge in [0.25, 0.3) is 0 Å². The first-order valence-electron chi connectivity index (χ1n) is 19.0. The van der Waals surface area contributed by atoms with Gasteiger partial charge in [-0.15, -0.1) is 0 Å². The highest BCUT2D eigenvalue weighted by Crippen LogP contribution is 2.36. The summed E-state index contributed by atoms with van der Waals surface area (Å²) in [6, 6.07) is 0. The van der Waals surface area contributed by atoms with Crippen molar-refractivity contribution in [3.63, 3.8) is 0 Å². The molecule has 0 aliphatic carbocycles. The van der Waals surface area contributed by atoms with Gasteiger partial charge in [0.2, 0.25) is 0 Å². The SMILES string of the molecule is CC/C=C/C/C=C/C=C/C(O)CCCCCCCC(=O)OC[C@H](COP(=O)(O)O)OC(=O)CCCCCCCCC/C=C\CCCCCC. The number of hydrogen-bond donors (Lipinski definition) is 3. The lowest BCUT2D eigenvalue weighted by Gasteiger charge is -2.18. The van der Waals surface area contributed by atoms with E-state index in [2.05, 4.69) is 42.7 Å². The molecule has 0 fully saturated rings. The van der Waals surface area contributed by atoms with Crippen LogP contribution in [0.3, 0.4) is 0 Å². The van der Waals surface area contributed by atoms with E-state index in [-0.39, 0.29) is 19.4 Å². The average molecular weight is 713 g/mol. The van der Waals surface area contributed by atoms with Crippen molar-refractivity contribution in [1.82, 2.24) is 0 Å². The van der Waals surface area contributed by atoms with Gasteiger partial charge in [-0.2, -0.15) is 0 Å². The molecule has 10 heteroatoms. The smallest absolute Gasteiger partial charge is 0.462 e. The van der Waals surface area contributed by atoms with Gasteiger partial charge < -0.3 is 24.4 Å². The van der Waals surface area contributed by atoms with Crippen molar-refractivity contribution in [2.45, 2.75) is 174 Å². The van der Waals surface area contributed by atoms with Crippen LogP contribution in [0, 0.1) is 0 Å². The highest BCUT2D eigenvalue weighted by molar-refractivity contribution is 7.46. The van der Waals surface area contributed by atoms with Gasteiger partial charge in [-0.1, -0.05) is 140 Å². The number of esters is 2. The van der Waals surface area contributed by atoms with E-state index in [9.17, 15) is 19.3 Å². The van der Waals surface area contributed by atoms with Crippen LogP contribution < -0.4 is 0 Å². The van der Waals surface area contributed by atoms with Crippen molar-refractivity contribution < 1.29 is 43.0 Å². The summed E-state index contributed by atoms with van der Waals surface area (Å²) in [7, 11) is -4.77. The molecule has 0 aliphatic heterocycles. The zero-order valence-corrected chi connectivity index (χ0v) is 31.6. The molecule has 0 saturated heterocycles. The Balaban J connectivity index is 4.06. The molecule has 9 nitrogen and oxygen atoms in total. The Morgan fingerprint density at radius 2 is 1.22 bits per heavy atom. The number of hydrogen-bond acceptors (Lipinski definition) is 7. The molecule has 0 aromatic heterocycles. The normalized spacial score (nSPS) is 13.7. The Morgan fingerprint density at radius 1 is 0.653 bits per heavy atom. The lowest BCUT2D eigenvalue weighted by molar-refractivity contribution is -0.161. The predicted octanol–water partition coefficient (Wildman–Crippen LogP) is 10.1. The summed E-state index contributed by atoms with van der Waals surface area (Å²) in [5, 5.41) is 10.1. The molecule has 0 aromatic carbocycles. The highest BCUT2D eigenvalue weighted by Gasteiger charge is 2.22. The molecular formula is C39H69O9P. The van der Waals surface area contributed by atoms with Crippen molar-refractivity contribution in [2.75, 3.05) is 13.2 Å². The minimum absolute atomic E-state index is 0.185. The van der Waals surface area contributed by atoms with Crippen molar-refractivity contribution in [1.29, 1.82) is 0 Å². The van der Waals surface area contributed by atoms with Gasteiger partial charge in [0.1, 0.15) is 6.61 Å². The summed E-state index contributed by atoms with van der Waals surface area (Å²) in [4.78, 5) is 42.7. The van der Waals surface area contributed by atoms with Crippen molar-refractivity contribution in [2.24, 2.45) is 0 Å². The molecule has 49 heavy (non-hydrogen) atoms. The van der Waals surface area contributed by atoms with Crippen LogP contribution in [0.5, 0.6) is 0 Å². The van der Waals surface area contributed by atoms with Crippen LogP contribution in [-0.2, 0) is 28.2 Å². The minimum Gasteiger partial charge on any atom is -0.462 e. The molecular weight excluding hydrogens is 643 g/mol. The van der Waals surface area contributed by atoms with Gasteiger partial charge in [-0.3, -0.25) is 14.1 Å². The van der Waals surface area contributed by atoms with E-state index >= 15 is 0 Å². The van der Waals surface area contributed by atoms with Gasteiger partial charge in [-0.05, 0) is 57.8 Å². The quantitative estimate of drug-likeness (QED) is 0.0195. The Kier molecular flexibility index (Phi) is 33.0. The summed E-state index contributed by atoms with van der Waals surface area (Å²) in [5.41, 5.74) is 0. The maximum atomic E-state index is 12.4. The number of rotatable bonds is 34. The number of aliphatic hydroxyl groups is 1. The monoisotopic (exact) mass is 712 g/mol. The number of carbonyl (C=O) groups excluding carboxylic acids is 2. The third-order valence-corrected chi connectivity index (χ3v) is 8.42. The lowest BCUT2D eigenvalue weighted by Crippen LogP contribution is -2.29. The van der Waals surface area contributed by atoms with E-state index in [4.69, 9.17) is 19.3 Å². The zero-order chi connectivity index (χ0) is 36.3. The first kappa shape index (κ1) is 47.0. The maximum absolute atomic E-state index is 12.4. The number of unbranched alkanes of at least 4 members (excludes halogenated alkanes) is 15. The van der Waals surface area contributed by atoms with E-state index < -0.39 is 38.6 Å². The van der Waals surface area contributed by atoms with E-state index in [1.165, 1.54) is 51.4 Å². The summed E-state index contributed by atoms with van der Waals surface area (Å²) < 4.78 is 26.3. The molecule has 3 N–H and O–H groups in total. The minimum atomic E-state index is -4.77. The van der Waals surface area contributed by atoms with Crippen LogP contribution in [0.2, 0.25) is 0 Å². The molecule has 0 bridgehead atoms. The summed E-state index contributed by atoms with van der Waals surface area (Å²) in [6.45, 7) is 3.44. The van der Waals surface area contributed by atoms with E-state index in [1.54, 1.807) is 6.08 Å². The van der Waals surface area contributed by atoms with Crippen LogP contribution in [0.1, 0.15) is 162 Å². The van der Waals surface area contributed by atoms with Crippen LogP contribution >= 0.6 is 7.82 Å². The van der Waals surface area contributed by atoms with Gasteiger partial charge in [0.15, 0.2) is 6.10 Å². The largest absolute Gasteiger partial charge is 0.469 e. The van der Waals surface area contributed by atoms with E-state index in [0.717, 1.165) is 64.2 Å². The molecule has 0 saturated carbocycles. The third-order valence-electron chi connectivity index (χ3n) is 7.94. The number of phosphoric ester groups is 1. The fourth-order valence-electron chi connectivity index (χ4n) is 5.08. The Bertz CT molecular complexity index is 954. The van der Waals surface area contributed by atoms with Gasteiger partial charge >= 0.3 is 19.8 Å². The molecule has 0 radical (unpaired) electrons.